The summed E-state index contributed by atoms with van der Waals surface area (Å²) >= 11 is 0. The Bertz CT molecular complexity index is 919. The molecule has 1 saturated carbocycles. The molecule has 150 valence electrons. The molecule has 0 unspecified atom stereocenters. The van der Waals surface area contributed by atoms with Gasteiger partial charge in [-0.05, 0) is 51.8 Å². The summed E-state index contributed by atoms with van der Waals surface area (Å²) in [6, 6.07) is 3.67. The van der Waals surface area contributed by atoms with E-state index in [1.54, 1.807) is 20.8 Å². The van der Waals surface area contributed by atoms with E-state index in [9.17, 15) is 12.8 Å². The van der Waals surface area contributed by atoms with Crippen molar-refractivity contribution in [3.05, 3.63) is 29.8 Å². The van der Waals surface area contributed by atoms with Gasteiger partial charge in [-0.15, -0.1) is 12.4 Å². The lowest BCUT2D eigenvalue weighted by atomic mass is 9.99. The summed E-state index contributed by atoms with van der Waals surface area (Å²) in [6.45, 7) is 5.04. The van der Waals surface area contributed by atoms with Gasteiger partial charge in [0.1, 0.15) is 10.7 Å². The molecule has 0 radical (unpaired) electrons. The van der Waals surface area contributed by atoms with Gasteiger partial charge >= 0.3 is 0 Å². The molecule has 1 aliphatic rings. The number of nitrogens with two attached hydrogens (primary N) is 1. The lowest BCUT2D eigenvalue weighted by Crippen LogP contribution is -2.40. The molecule has 0 bridgehead atoms. The highest BCUT2D eigenvalue weighted by molar-refractivity contribution is 7.89. The quantitative estimate of drug-likeness (QED) is 0.789. The van der Waals surface area contributed by atoms with Crippen molar-refractivity contribution in [3.8, 4) is 11.5 Å². The van der Waals surface area contributed by atoms with Crippen molar-refractivity contribution in [1.29, 1.82) is 0 Å². The number of halogens is 2. The summed E-state index contributed by atoms with van der Waals surface area (Å²) in [6.07, 6.45) is 3.53. The molecule has 0 aliphatic heterocycles. The normalized spacial score (nSPS) is 16.9. The van der Waals surface area contributed by atoms with Gasteiger partial charge in [0.2, 0.25) is 10.0 Å². The summed E-state index contributed by atoms with van der Waals surface area (Å²) in [4.78, 5) is 3.86. The van der Waals surface area contributed by atoms with Crippen LogP contribution < -0.4 is 10.5 Å². The monoisotopic (exact) mass is 418 g/mol. The minimum Gasteiger partial charge on any atom is -0.334 e. The Morgan fingerprint density at radius 2 is 1.89 bits per heavy atom. The molecular weight excluding hydrogens is 395 g/mol. The highest BCUT2D eigenvalue weighted by atomic mass is 35.5. The highest BCUT2D eigenvalue weighted by Crippen LogP contribution is 2.35. The first-order valence-electron chi connectivity index (χ1n) is 8.47. The van der Waals surface area contributed by atoms with Gasteiger partial charge in [-0.1, -0.05) is 18.0 Å². The van der Waals surface area contributed by atoms with E-state index in [1.807, 2.05) is 0 Å². The van der Waals surface area contributed by atoms with Crippen LogP contribution in [0.25, 0.3) is 11.5 Å². The fourth-order valence-corrected chi connectivity index (χ4v) is 4.60. The molecule has 1 aliphatic carbocycles. The van der Waals surface area contributed by atoms with Crippen LogP contribution >= 0.6 is 12.4 Å². The van der Waals surface area contributed by atoms with Gasteiger partial charge in [-0.3, -0.25) is 0 Å². The lowest BCUT2D eigenvalue weighted by molar-refractivity contribution is 0.372. The van der Waals surface area contributed by atoms with Gasteiger partial charge in [0, 0.05) is 11.1 Å². The fraction of sp³-hybridized carbons (Fsp3) is 0.529. The highest BCUT2D eigenvalue weighted by Gasteiger charge is 2.36. The van der Waals surface area contributed by atoms with Crippen LogP contribution in [0.2, 0.25) is 0 Å². The van der Waals surface area contributed by atoms with Gasteiger partial charge in [-0.25, -0.2) is 17.5 Å². The molecule has 0 saturated heterocycles. The number of hydrogen-bond acceptors (Lipinski definition) is 6. The molecule has 7 nitrogen and oxygen atoms in total. The number of hydrogen-bond donors (Lipinski definition) is 2. The van der Waals surface area contributed by atoms with Crippen LogP contribution in [0.4, 0.5) is 4.39 Å². The average Bonchev–Trinajstić information content (AvgIpc) is 3.15. The van der Waals surface area contributed by atoms with E-state index >= 15 is 0 Å². The van der Waals surface area contributed by atoms with Gasteiger partial charge < -0.3 is 10.3 Å². The predicted octanol–water partition coefficient (Wildman–Crippen LogP) is 3.10. The Hall–Kier alpha value is -1.55. The number of aromatic nitrogens is 2. The third-order valence-electron chi connectivity index (χ3n) is 4.28. The molecule has 10 heteroatoms. The van der Waals surface area contributed by atoms with E-state index in [0.29, 0.717) is 11.4 Å². The Labute approximate surface area is 164 Å². The van der Waals surface area contributed by atoms with Gasteiger partial charge in [0.05, 0.1) is 5.54 Å². The van der Waals surface area contributed by atoms with Crippen molar-refractivity contribution in [2.24, 2.45) is 5.73 Å². The molecule has 3 N–H and O–H groups in total. The molecule has 1 heterocycles. The summed E-state index contributed by atoms with van der Waals surface area (Å²) in [5, 5.41) is 3.95. The summed E-state index contributed by atoms with van der Waals surface area (Å²) in [5.41, 5.74) is 5.27. The molecule has 1 fully saturated rings. The van der Waals surface area contributed by atoms with Crippen molar-refractivity contribution in [1.82, 2.24) is 14.9 Å². The molecule has 0 atom stereocenters. The summed E-state index contributed by atoms with van der Waals surface area (Å²) in [7, 11) is -4.04. The van der Waals surface area contributed by atoms with Gasteiger partial charge in [0.25, 0.3) is 5.89 Å². The van der Waals surface area contributed by atoms with Crippen molar-refractivity contribution >= 4 is 22.4 Å². The largest absolute Gasteiger partial charge is 0.334 e. The third kappa shape index (κ3) is 4.66. The zero-order chi connectivity index (χ0) is 19.2. The van der Waals surface area contributed by atoms with Crippen LogP contribution in [0.5, 0.6) is 0 Å². The van der Waals surface area contributed by atoms with Gasteiger partial charge in [0.15, 0.2) is 5.82 Å². The van der Waals surface area contributed by atoms with Crippen molar-refractivity contribution in [2.75, 3.05) is 0 Å². The van der Waals surface area contributed by atoms with Crippen LogP contribution in [0.1, 0.15) is 52.3 Å². The van der Waals surface area contributed by atoms with E-state index < -0.39 is 31.8 Å². The van der Waals surface area contributed by atoms with E-state index in [0.717, 1.165) is 31.7 Å². The number of nitrogens with one attached hydrogen (secondary N) is 1. The van der Waals surface area contributed by atoms with E-state index in [-0.39, 0.29) is 18.3 Å². The molecule has 1 aromatic carbocycles. The van der Waals surface area contributed by atoms with E-state index in [1.165, 1.54) is 12.1 Å². The lowest BCUT2D eigenvalue weighted by Gasteiger charge is -2.20. The standard InChI is InChI=1S/C17H23FN4O3S.ClH/c1-16(2,3)22-26(23,24)13-10-11(6-7-12(13)18)14-20-15(21-25-14)17(19)8-4-5-9-17;/h6-7,10,22H,4-5,8-9,19H2,1-3H3;1H. The van der Waals surface area contributed by atoms with Gasteiger partial charge in [-0.2, -0.15) is 4.98 Å². The van der Waals surface area contributed by atoms with Crippen molar-refractivity contribution in [2.45, 2.75) is 62.4 Å². The number of sulfonamides is 1. The number of benzene rings is 1. The predicted molar refractivity (Wildman–Crippen MR) is 101 cm³/mol. The smallest absolute Gasteiger partial charge is 0.258 e. The number of rotatable bonds is 4. The van der Waals surface area contributed by atoms with Crippen LogP contribution in [0.3, 0.4) is 0 Å². The molecule has 2 aromatic rings. The molecule has 0 amide bonds. The first kappa shape index (κ1) is 21.7. The Balaban J connectivity index is 0.00000261. The minimum absolute atomic E-state index is 0. The first-order valence-corrected chi connectivity index (χ1v) is 9.96. The van der Waals surface area contributed by atoms with Crippen LogP contribution in [-0.4, -0.2) is 24.1 Å². The Morgan fingerprint density at radius 3 is 2.48 bits per heavy atom. The average molecular weight is 419 g/mol. The molecule has 0 spiro atoms. The maximum absolute atomic E-state index is 14.2. The molecule has 1 aromatic heterocycles. The summed E-state index contributed by atoms with van der Waals surface area (Å²) < 4.78 is 46.8. The second kappa shape index (κ2) is 7.46. The number of nitrogens with zero attached hydrogens (tertiary/aromatic N) is 2. The van der Waals surface area contributed by atoms with E-state index in [4.69, 9.17) is 10.3 Å². The SMILES string of the molecule is CC(C)(C)NS(=O)(=O)c1cc(-c2nc(C3(N)CCCC3)no2)ccc1F.Cl. The van der Waals surface area contributed by atoms with Crippen molar-refractivity contribution in [3.63, 3.8) is 0 Å². The van der Waals surface area contributed by atoms with Crippen LogP contribution in [0, 0.1) is 5.82 Å². The molecule has 27 heavy (non-hydrogen) atoms. The van der Waals surface area contributed by atoms with Crippen LogP contribution in [0.15, 0.2) is 27.6 Å². The maximum Gasteiger partial charge on any atom is 0.258 e. The maximum atomic E-state index is 14.2. The molecule has 3 rings (SSSR count). The zero-order valence-electron chi connectivity index (χ0n) is 15.5. The topological polar surface area (TPSA) is 111 Å². The second-order valence-electron chi connectivity index (χ2n) is 7.79. The second-order valence-corrected chi connectivity index (χ2v) is 9.44. The Morgan fingerprint density at radius 1 is 1.26 bits per heavy atom. The van der Waals surface area contributed by atoms with Crippen molar-refractivity contribution < 1.29 is 17.3 Å². The fourth-order valence-electron chi connectivity index (χ4n) is 3.07. The molecular formula is C17H24ClFN4O3S. The zero-order valence-corrected chi connectivity index (χ0v) is 17.1. The first-order chi connectivity index (χ1) is 12.0. The van der Waals surface area contributed by atoms with E-state index in [2.05, 4.69) is 14.9 Å². The Kier molecular flexibility index (Phi) is 6.01. The third-order valence-corrected chi connectivity index (χ3v) is 6.05. The van der Waals surface area contributed by atoms with Crippen LogP contribution in [-0.2, 0) is 15.6 Å². The minimum atomic E-state index is -4.04. The summed E-state index contributed by atoms with van der Waals surface area (Å²) in [5.74, 6) is -0.341.